The van der Waals surface area contributed by atoms with Crippen molar-refractivity contribution < 1.29 is 23.9 Å². The number of rotatable bonds is 12. The summed E-state index contributed by atoms with van der Waals surface area (Å²) in [6, 6.07) is 7.48. The Labute approximate surface area is 171 Å². The molecule has 0 saturated carbocycles. The fourth-order valence-corrected chi connectivity index (χ4v) is 3.60. The Morgan fingerprint density at radius 3 is 2.86 bits per heavy atom. The van der Waals surface area contributed by atoms with Gasteiger partial charge >= 0.3 is 5.97 Å². The van der Waals surface area contributed by atoms with Crippen LogP contribution in [0.3, 0.4) is 0 Å². The van der Waals surface area contributed by atoms with E-state index in [9.17, 15) is 14.4 Å². The average Bonchev–Trinajstić information content (AvgIpc) is 3.02. The number of halogens is 1. The van der Waals surface area contributed by atoms with Crippen LogP contribution in [0, 0.1) is 0 Å². The molecule has 1 amide bonds. The van der Waals surface area contributed by atoms with Gasteiger partial charge in [-0.15, -0.1) is 0 Å². The lowest BCUT2D eigenvalue weighted by atomic mass is 10.0. The Bertz CT molecular complexity index is 679. The van der Waals surface area contributed by atoms with Crippen molar-refractivity contribution in [3.05, 3.63) is 34.9 Å². The number of methoxy groups -OCH3 is 1. The van der Waals surface area contributed by atoms with E-state index in [0.29, 0.717) is 43.9 Å². The molecule has 0 N–H and O–H groups in total. The molecule has 154 valence electrons. The maximum atomic E-state index is 12.3. The second kappa shape index (κ2) is 11.8. The van der Waals surface area contributed by atoms with Gasteiger partial charge < -0.3 is 14.4 Å². The van der Waals surface area contributed by atoms with Crippen LogP contribution in [0.4, 0.5) is 0 Å². The minimum Gasteiger partial charge on any atom is -0.467 e. The van der Waals surface area contributed by atoms with Crippen molar-refractivity contribution in [3.63, 3.8) is 0 Å². The van der Waals surface area contributed by atoms with Gasteiger partial charge in [-0.25, -0.2) is 4.79 Å². The number of ketones is 1. The van der Waals surface area contributed by atoms with E-state index in [1.165, 1.54) is 7.11 Å². The fourth-order valence-electron chi connectivity index (χ4n) is 3.39. The number of carbonyl (C=O) groups excluding carboxylic acids is 3. The van der Waals surface area contributed by atoms with Gasteiger partial charge in [-0.3, -0.25) is 9.59 Å². The van der Waals surface area contributed by atoms with Gasteiger partial charge in [0, 0.05) is 43.5 Å². The Hall–Kier alpha value is -1.92. The molecule has 1 atom stereocenters. The number of hydrogen-bond acceptors (Lipinski definition) is 5. The minimum absolute atomic E-state index is 0.0451. The normalized spacial score (nSPS) is 16.4. The molecule has 0 aliphatic carbocycles. The number of benzene rings is 1. The fraction of sp³-hybridized carbons (Fsp3) is 0.571. The first-order valence-corrected chi connectivity index (χ1v) is 10.1. The zero-order valence-corrected chi connectivity index (χ0v) is 17.1. The topological polar surface area (TPSA) is 72.9 Å². The Morgan fingerprint density at radius 2 is 2.11 bits per heavy atom. The largest absolute Gasteiger partial charge is 0.467 e. The Morgan fingerprint density at radius 1 is 1.29 bits per heavy atom. The molecular weight excluding hydrogens is 382 g/mol. The number of unbranched alkanes of at least 4 members (excludes halogenated alkanes) is 1. The summed E-state index contributed by atoms with van der Waals surface area (Å²) in [5, 5.41) is 0.633. The molecule has 0 bridgehead atoms. The van der Waals surface area contributed by atoms with Crippen LogP contribution < -0.4 is 0 Å². The lowest BCUT2D eigenvalue weighted by Crippen LogP contribution is -2.34. The molecule has 1 saturated heterocycles. The maximum Gasteiger partial charge on any atom is 0.331 e. The summed E-state index contributed by atoms with van der Waals surface area (Å²) in [6.07, 6.45) is 4.46. The third kappa shape index (κ3) is 7.60. The number of nitrogens with zero attached hydrogens (tertiary/aromatic N) is 1. The molecular formula is C21H28ClNO5. The molecule has 1 heterocycles. The summed E-state index contributed by atoms with van der Waals surface area (Å²) in [4.78, 5) is 37.3. The average molecular weight is 410 g/mol. The lowest BCUT2D eigenvalue weighted by molar-refractivity contribution is -0.145. The molecule has 2 rings (SSSR count). The molecule has 7 heteroatoms. The van der Waals surface area contributed by atoms with E-state index in [4.69, 9.17) is 16.3 Å². The molecule has 0 radical (unpaired) electrons. The van der Waals surface area contributed by atoms with Crippen LogP contribution in [0.5, 0.6) is 0 Å². The first-order chi connectivity index (χ1) is 13.5. The van der Waals surface area contributed by atoms with Crippen molar-refractivity contribution in [2.75, 3.05) is 26.9 Å². The molecule has 0 unspecified atom stereocenters. The van der Waals surface area contributed by atoms with Gasteiger partial charge in [0.25, 0.3) is 0 Å². The van der Waals surface area contributed by atoms with E-state index in [2.05, 4.69) is 4.74 Å². The van der Waals surface area contributed by atoms with Gasteiger partial charge in [0.05, 0.1) is 7.11 Å². The van der Waals surface area contributed by atoms with Crippen molar-refractivity contribution in [1.82, 2.24) is 4.90 Å². The molecule has 1 aromatic carbocycles. The van der Waals surface area contributed by atoms with E-state index in [1.54, 1.807) is 6.07 Å². The van der Waals surface area contributed by atoms with Crippen LogP contribution >= 0.6 is 11.6 Å². The van der Waals surface area contributed by atoms with Crippen molar-refractivity contribution >= 4 is 29.3 Å². The first kappa shape index (κ1) is 22.4. The standard InChI is InChI=1S/C21H28ClNO5/c1-27-21(26)15-28-12-3-2-11-23-18(8-10-20(23)25)7-9-19(24)14-16-5-4-6-17(22)13-16/h4-6,13,18H,2-3,7-12,14-15H2,1H3/t18-/m1/s1. The molecule has 1 aliphatic rings. The Balaban J connectivity index is 1.68. The van der Waals surface area contributed by atoms with Crippen molar-refractivity contribution in [3.8, 4) is 0 Å². The van der Waals surface area contributed by atoms with Crippen molar-refractivity contribution in [1.29, 1.82) is 0 Å². The van der Waals surface area contributed by atoms with E-state index in [1.807, 2.05) is 23.1 Å². The molecule has 28 heavy (non-hydrogen) atoms. The summed E-state index contributed by atoms with van der Waals surface area (Å²) in [5.41, 5.74) is 0.920. The summed E-state index contributed by atoms with van der Waals surface area (Å²) in [5.74, 6) is -0.0715. The highest BCUT2D eigenvalue weighted by Gasteiger charge is 2.30. The highest BCUT2D eigenvalue weighted by Crippen LogP contribution is 2.23. The van der Waals surface area contributed by atoms with E-state index >= 15 is 0 Å². The molecule has 1 aliphatic heterocycles. The monoisotopic (exact) mass is 409 g/mol. The highest BCUT2D eigenvalue weighted by atomic mass is 35.5. The van der Waals surface area contributed by atoms with Crippen LogP contribution in [0.15, 0.2) is 24.3 Å². The van der Waals surface area contributed by atoms with Crippen molar-refractivity contribution in [2.24, 2.45) is 0 Å². The van der Waals surface area contributed by atoms with E-state index in [0.717, 1.165) is 24.8 Å². The number of likely N-dealkylation sites (tertiary alicyclic amines) is 1. The second-order valence-electron chi connectivity index (χ2n) is 7.00. The molecule has 1 fully saturated rings. The third-order valence-corrected chi connectivity index (χ3v) is 5.12. The highest BCUT2D eigenvalue weighted by molar-refractivity contribution is 6.30. The lowest BCUT2D eigenvalue weighted by Gasteiger charge is -2.24. The van der Waals surface area contributed by atoms with Gasteiger partial charge in [-0.05, 0) is 43.4 Å². The third-order valence-electron chi connectivity index (χ3n) is 4.88. The molecule has 1 aromatic rings. The molecule has 6 nitrogen and oxygen atoms in total. The van der Waals surface area contributed by atoms with E-state index < -0.39 is 5.97 Å². The SMILES string of the molecule is COC(=O)COCCCCN1C(=O)CC[C@H]1CCC(=O)Cc1cccc(Cl)c1. The molecule has 0 spiro atoms. The van der Waals surface area contributed by atoms with Crippen LogP contribution in [0.25, 0.3) is 0 Å². The quantitative estimate of drug-likeness (QED) is 0.391. The number of carbonyl (C=O) groups is 3. The minimum atomic E-state index is -0.391. The number of amides is 1. The van der Waals surface area contributed by atoms with Gasteiger partial charge in [0.1, 0.15) is 12.4 Å². The maximum absolute atomic E-state index is 12.3. The summed E-state index contributed by atoms with van der Waals surface area (Å²) >= 11 is 5.96. The zero-order chi connectivity index (χ0) is 20.4. The van der Waals surface area contributed by atoms with Crippen LogP contribution in [-0.2, 0) is 30.3 Å². The number of Topliss-reactive ketones (excluding diaryl/α,β-unsaturated/α-hetero) is 1. The van der Waals surface area contributed by atoms with Gasteiger partial charge in [0.15, 0.2) is 0 Å². The summed E-state index contributed by atoms with van der Waals surface area (Å²) in [7, 11) is 1.32. The predicted molar refractivity (Wildman–Crippen MR) is 106 cm³/mol. The molecule has 0 aromatic heterocycles. The van der Waals surface area contributed by atoms with E-state index in [-0.39, 0.29) is 24.3 Å². The predicted octanol–water partition coefficient (Wildman–Crippen LogP) is 3.19. The Kier molecular flexibility index (Phi) is 9.44. The number of ether oxygens (including phenoxy) is 2. The van der Waals surface area contributed by atoms with Crippen LogP contribution in [0.2, 0.25) is 5.02 Å². The second-order valence-corrected chi connectivity index (χ2v) is 7.44. The summed E-state index contributed by atoms with van der Waals surface area (Å²) in [6.45, 7) is 1.07. The van der Waals surface area contributed by atoms with Gasteiger partial charge in [-0.1, -0.05) is 23.7 Å². The zero-order valence-electron chi connectivity index (χ0n) is 16.3. The van der Waals surface area contributed by atoms with Gasteiger partial charge in [0.2, 0.25) is 5.91 Å². The number of esters is 1. The van der Waals surface area contributed by atoms with Gasteiger partial charge in [-0.2, -0.15) is 0 Å². The first-order valence-electron chi connectivity index (χ1n) is 9.69. The van der Waals surface area contributed by atoms with Crippen molar-refractivity contribution in [2.45, 2.75) is 51.0 Å². The van der Waals surface area contributed by atoms with Crippen LogP contribution in [-0.4, -0.2) is 55.5 Å². The van der Waals surface area contributed by atoms with Crippen LogP contribution in [0.1, 0.15) is 44.1 Å². The number of hydrogen-bond donors (Lipinski definition) is 0. The smallest absolute Gasteiger partial charge is 0.331 e. The summed E-state index contributed by atoms with van der Waals surface area (Å²) < 4.78 is 9.72.